The molecule has 2 aromatic carbocycles. The van der Waals surface area contributed by atoms with E-state index in [1.165, 1.54) is 5.56 Å². The fraction of sp³-hybridized carbons (Fsp3) is 0.222. The van der Waals surface area contributed by atoms with Gasteiger partial charge in [0.05, 0.1) is 16.8 Å². The Balaban J connectivity index is 2.20. The quantitative estimate of drug-likeness (QED) is 0.896. The minimum absolute atomic E-state index is 0.351. The van der Waals surface area contributed by atoms with Gasteiger partial charge in [0, 0.05) is 12.5 Å². The number of anilines is 1. The van der Waals surface area contributed by atoms with Crippen molar-refractivity contribution in [1.82, 2.24) is 0 Å². The van der Waals surface area contributed by atoms with E-state index in [1.54, 1.807) is 18.2 Å². The number of nitriles is 2. The Morgan fingerprint density at radius 1 is 0.952 bits per heavy atom. The first-order valence-electron chi connectivity index (χ1n) is 7.02. The lowest BCUT2D eigenvalue weighted by atomic mass is 9.96. The van der Waals surface area contributed by atoms with Crippen molar-refractivity contribution in [2.45, 2.75) is 19.3 Å². The molecule has 0 aliphatic heterocycles. The lowest BCUT2D eigenvalue weighted by Gasteiger charge is -2.18. The highest BCUT2D eigenvalue weighted by molar-refractivity contribution is 5.66. The number of hydrogen-bond acceptors (Lipinski definition) is 3. The van der Waals surface area contributed by atoms with E-state index in [0.29, 0.717) is 29.3 Å². The van der Waals surface area contributed by atoms with Crippen molar-refractivity contribution in [3.05, 3.63) is 65.2 Å². The Labute approximate surface area is 125 Å². The summed E-state index contributed by atoms with van der Waals surface area (Å²) < 4.78 is 0. The Kier molecular flexibility index (Phi) is 4.96. The lowest BCUT2D eigenvalue weighted by Crippen LogP contribution is -2.13. The van der Waals surface area contributed by atoms with Crippen molar-refractivity contribution in [3.8, 4) is 12.1 Å². The summed E-state index contributed by atoms with van der Waals surface area (Å²) in [6, 6.07) is 19.7. The second-order valence-electron chi connectivity index (χ2n) is 4.85. The van der Waals surface area contributed by atoms with Crippen molar-refractivity contribution < 1.29 is 0 Å². The normalized spacial score (nSPS) is 11.2. The summed E-state index contributed by atoms with van der Waals surface area (Å²) in [5, 5.41) is 21.6. The number of benzene rings is 2. The fourth-order valence-electron chi connectivity index (χ4n) is 2.38. The molecule has 21 heavy (non-hydrogen) atoms. The molecule has 0 amide bonds. The average Bonchev–Trinajstić information content (AvgIpc) is 2.56. The topological polar surface area (TPSA) is 59.6 Å². The molecule has 2 rings (SSSR count). The van der Waals surface area contributed by atoms with Crippen LogP contribution in [0, 0.1) is 22.7 Å². The molecule has 0 aromatic heterocycles. The Morgan fingerprint density at radius 2 is 1.57 bits per heavy atom. The Bertz CT molecular complexity index is 646. The highest BCUT2D eigenvalue weighted by atomic mass is 14.9. The lowest BCUT2D eigenvalue weighted by molar-refractivity contribution is 0.695. The summed E-state index contributed by atoms with van der Waals surface area (Å²) >= 11 is 0. The predicted octanol–water partition coefficient (Wildman–Crippen LogP) is 4.04. The standard InChI is InChI=1S/C18H17N3/c1-2-14(15-7-4-3-5-8-15)13-21-18-16(11-19)9-6-10-17(18)12-20/h3-10,14,21H,2,13H2,1H3. The summed E-state index contributed by atoms with van der Waals surface area (Å²) in [6.45, 7) is 2.84. The van der Waals surface area contributed by atoms with E-state index >= 15 is 0 Å². The van der Waals surface area contributed by atoms with Crippen LogP contribution in [0.3, 0.4) is 0 Å². The molecule has 0 saturated heterocycles. The maximum atomic E-state index is 9.18. The van der Waals surface area contributed by atoms with Gasteiger partial charge in [0.25, 0.3) is 0 Å². The molecule has 0 aliphatic carbocycles. The number of nitrogens with one attached hydrogen (secondary N) is 1. The highest BCUT2D eigenvalue weighted by Crippen LogP contribution is 2.24. The van der Waals surface area contributed by atoms with E-state index < -0.39 is 0 Å². The smallest absolute Gasteiger partial charge is 0.101 e. The molecular weight excluding hydrogens is 258 g/mol. The number of para-hydroxylation sites is 1. The minimum atomic E-state index is 0.351. The second-order valence-corrected chi connectivity index (χ2v) is 4.85. The van der Waals surface area contributed by atoms with E-state index in [2.05, 4.69) is 36.5 Å². The molecule has 0 saturated carbocycles. The molecule has 0 radical (unpaired) electrons. The molecule has 1 atom stereocenters. The number of rotatable bonds is 5. The molecule has 2 aromatic rings. The van der Waals surface area contributed by atoms with Gasteiger partial charge < -0.3 is 5.32 Å². The van der Waals surface area contributed by atoms with Crippen LogP contribution in [0.5, 0.6) is 0 Å². The van der Waals surface area contributed by atoms with Crippen LogP contribution in [0.15, 0.2) is 48.5 Å². The highest BCUT2D eigenvalue weighted by Gasteiger charge is 2.12. The molecule has 0 aliphatic rings. The molecule has 104 valence electrons. The Morgan fingerprint density at radius 3 is 2.10 bits per heavy atom. The van der Waals surface area contributed by atoms with Crippen LogP contribution in [-0.2, 0) is 0 Å². The SMILES string of the molecule is CCC(CNc1c(C#N)cccc1C#N)c1ccccc1. The van der Waals surface area contributed by atoms with Crippen LogP contribution in [-0.4, -0.2) is 6.54 Å². The summed E-state index contributed by atoms with van der Waals surface area (Å²) in [7, 11) is 0. The van der Waals surface area contributed by atoms with Gasteiger partial charge in [-0.3, -0.25) is 0 Å². The van der Waals surface area contributed by atoms with Gasteiger partial charge in [0.15, 0.2) is 0 Å². The van der Waals surface area contributed by atoms with Crippen LogP contribution in [0.2, 0.25) is 0 Å². The van der Waals surface area contributed by atoms with E-state index in [9.17, 15) is 10.5 Å². The van der Waals surface area contributed by atoms with Crippen LogP contribution >= 0.6 is 0 Å². The van der Waals surface area contributed by atoms with Gasteiger partial charge in [-0.05, 0) is 24.1 Å². The predicted molar refractivity (Wildman–Crippen MR) is 83.8 cm³/mol. The van der Waals surface area contributed by atoms with E-state index in [4.69, 9.17) is 0 Å². The first-order chi connectivity index (χ1) is 10.3. The van der Waals surface area contributed by atoms with Gasteiger partial charge in [-0.1, -0.05) is 43.3 Å². The summed E-state index contributed by atoms with van der Waals surface area (Å²) in [5.74, 6) is 0.351. The van der Waals surface area contributed by atoms with Crippen molar-refractivity contribution >= 4 is 5.69 Å². The van der Waals surface area contributed by atoms with Gasteiger partial charge in [0.1, 0.15) is 12.1 Å². The van der Waals surface area contributed by atoms with Crippen molar-refractivity contribution in [3.63, 3.8) is 0 Å². The Hall–Kier alpha value is -2.78. The third-order valence-electron chi connectivity index (χ3n) is 3.59. The fourth-order valence-corrected chi connectivity index (χ4v) is 2.38. The van der Waals surface area contributed by atoms with Gasteiger partial charge in [-0.15, -0.1) is 0 Å². The second kappa shape index (κ2) is 7.12. The van der Waals surface area contributed by atoms with Gasteiger partial charge >= 0.3 is 0 Å². The van der Waals surface area contributed by atoms with E-state index in [-0.39, 0.29) is 0 Å². The zero-order valence-corrected chi connectivity index (χ0v) is 12.0. The van der Waals surface area contributed by atoms with Crippen molar-refractivity contribution in [2.24, 2.45) is 0 Å². The minimum Gasteiger partial charge on any atom is -0.382 e. The van der Waals surface area contributed by atoms with Crippen molar-refractivity contribution in [1.29, 1.82) is 10.5 Å². The zero-order chi connectivity index (χ0) is 15.1. The molecule has 1 unspecified atom stereocenters. The molecule has 0 fully saturated rings. The monoisotopic (exact) mass is 275 g/mol. The third-order valence-corrected chi connectivity index (χ3v) is 3.59. The van der Waals surface area contributed by atoms with Crippen molar-refractivity contribution in [2.75, 3.05) is 11.9 Å². The van der Waals surface area contributed by atoms with Crippen LogP contribution in [0.4, 0.5) is 5.69 Å². The van der Waals surface area contributed by atoms with E-state index in [1.807, 2.05) is 18.2 Å². The van der Waals surface area contributed by atoms with E-state index in [0.717, 1.165) is 6.42 Å². The maximum absolute atomic E-state index is 9.18. The molecule has 3 nitrogen and oxygen atoms in total. The molecule has 0 spiro atoms. The molecular formula is C18H17N3. The number of hydrogen-bond donors (Lipinski definition) is 1. The van der Waals surface area contributed by atoms with Crippen LogP contribution in [0.25, 0.3) is 0 Å². The van der Waals surface area contributed by atoms with Gasteiger partial charge in [0.2, 0.25) is 0 Å². The number of nitrogens with zero attached hydrogens (tertiary/aromatic N) is 2. The largest absolute Gasteiger partial charge is 0.382 e. The van der Waals surface area contributed by atoms with Crippen LogP contribution in [0.1, 0.15) is 36.0 Å². The van der Waals surface area contributed by atoms with Crippen LogP contribution < -0.4 is 5.32 Å². The maximum Gasteiger partial charge on any atom is 0.101 e. The molecule has 1 N–H and O–H groups in total. The molecule has 3 heteroatoms. The molecule has 0 heterocycles. The first kappa shape index (κ1) is 14.6. The molecule has 0 bridgehead atoms. The summed E-state index contributed by atoms with van der Waals surface area (Å²) in [6.07, 6.45) is 0.994. The summed E-state index contributed by atoms with van der Waals surface area (Å²) in [4.78, 5) is 0. The first-order valence-corrected chi connectivity index (χ1v) is 7.02. The van der Waals surface area contributed by atoms with Gasteiger partial charge in [-0.25, -0.2) is 0 Å². The average molecular weight is 275 g/mol. The third kappa shape index (κ3) is 3.41. The van der Waals surface area contributed by atoms with Gasteiger partial charge in [-0.2, -0.15) is 10.5 Å². The summed E-state index contributed by atoms with van der Waals surface area (Å²) in [5.41, 5.74) is 2.92. The zero-order valence-electron chi connectivity index (χ0n) is 12.0.